The Hall–Kier alpha value is -2.75. The fourth-order valence-corrected chi connectivity index (χ4v) is 4.08. The third-order valence-electron chi connectivity index (χ3n) is 4.88. The molecule has 1 aromatic heterocycles. The van der Waals surface area contributed by atoms with Gasteiger partial charge >= 0.3 is 0 Å². The summed E-state index contributed by atoms with van der Waals surface area (Å²) >= 11 is 12.8. The van der Waals surface area contributed by atoms with E-state index >= 15 is 0 Å². The number of aromatic nitrogens is 1. The molecule has 0 radical (unpaired) electrons. The Kier molecular flexibility index (Phi) is 5.61. The van der Waals surface area contributed by atoms with Gasteiger partial charge in [-0.2, -0.15) is 0 Å². The van der Waals surface area contributed by atoms with Crippen molar-refractivity contribution in [2.45, 2.75) is 19.4 Å². The van der Waals surface area contributed by atoms with Gasteiger partial charge in [0.25, 0.3) is 0 Å². The smallest absolute Gasteiger partial charge is 0.205 e. The molecule has 0 fully saturated rings. The Labute approximate surface area is 179 Å². The van der Waals surface area contributed by atoms with Crippen LogP contribution in [0.25, 0.3) is 16.6 Å². The third-order valence-corrected chi connectivity index (χ3v) is 5.49. The number of nitrogens with zero attached hydrogens (tertiary/aromatic N) is 2. The summed E-state index contributed by atoms with van der Waals surface area (Å²) in [4.78, 5) is 4.69. The minimum Gasteiger partial charge on any atom is -0.494 e. The quantitative estimate of drug-likeness (QED) is 0.357. The molecule has 29 heavy (non-hydrogen) atoms. The first-order valence-corrected chi connectivity index (χ1v) is 10.2. The molecule has 5 heteroatoms. The van der Waals surface area contributed by atoms with Gasteiger partial charge in [0.2, 0.25) is 5.88 Å². The van der Waals surface area contributed by atoms with Gasteiger partial charge in [0.15, 0.2) is 0 Å². The average Bonchev–Trinajstić information content (AvgIpc) is 2.99. The van der Waals surface area contributed by atoms with Crippen LogP contribution in [-0.4, -0.2) is 21.9 Å². The highest BCUT2D eigenvalue weighted by molar-refractivity contribution is 6.38. The molecule has 3 nitrogen and oxygen atoms in total. The Morgan fingerprint density at radius 3 is 2.31 bits per heavy atom. The van der Waals surface area contributed by atoms with E-state index in [4.69, 9.17) is 23.2 Å². The first-order chi connectivity index (χ1) is 14.1. The van der Waals surface area contributed by atoms with E-state index in [1.54, 1.807) is 29.0 Å². The number of aromatic hydroxyl groups is 1. The number of fused-ring (bicyclic) bond motifs is 1. The van der Waals surface area contributed by atoms with Crippen molar-refractivity contribution in [1.82, 2.24) is 4.57 Å². The molecule has 0 aliphatic heterocycles. The summed E-state index contributed by atoms with van der Waals surface area (Å²) in [5, 5.41) is 12.9. The molecule has 0 spiro atoms. The molecule has 1 heterocycles. The molecule has 0 aliphatic rings. The Morgan fingerprint density at radius 2 is 1.59 bits per heavy atom. The molecule has 0 amide bonds. The van der Waals surface area contributed by atoms with Crippen LogP contribution < -0.4 is 0 Å². The van der Waals surface area contributed by atoms with Crippen LogP contribution in [0.3, 0.4) is 0 Å². The highest BCUT2D eigenvalue weighted by Crippen LogP contribution is 2.38. The Balaban J connectivity index is 1.77. The van der Waals surface area contributed by atoms with E-state index in [1.165, 1.54) is 5.56 Å². The third kappa shape index (κ3) is 3.89. The van der Waals surface area contributed by atoms with E-state index in [2.05, 4.69) is 24.0 Å². The minimum atomic E-state index is 0.0665. The largest absolute Gasteiger partial charge is 0.494 e. The summed E-state index contributed by atoms with van der Waals surface area (Å²) in [5.74, 6) is 0.0665. The highest BCUT2D eigenvalue weighted by Gasteiger charge is 2.20. The van der Waals surface area contributed by atoms with Crippen LogP contribution in [0.1, 0.15) is 18.1 Å². The molecule has 4 rings (SSSR count). The summed E-state index contributed by atoms with van der Waals surface area (Å²) in [6.07, 6.45) is 2.57. The van der Waals surface area contributed by atoms with Crippen molar-refractivity contribution in [3.63, 3.8) is 0 Å². The first kappa shape index (κ1) is 19.6. The SMILES string of the molecule is CC(Cc1ccccc1)N=Cc1c(O)n(-c2c(Cl)cccc2Cl)c2ccccc12. The van der Waals surface area contributed by atoms with E-state index in [9.17, 15) is 5.11 Å². The van der Waals surface area contributed by atoms with Crippen LogP contribution in [0.2, 0.25) is 10.0 Å². The maximum atomic E-state index is 11.1. The summed E-state index contributed by atoms with van der Waals surface area (Å²) in [5.41, 5.74) is 3.25. The van der Waals surface area contributed by atoms with Gasteiger partial charge in [-0.3, -0.25) is 9.56 Å². The number of halogens is 2. The predicted molar refractivity (Wildman–Crippen MR) is 122 cm³/mol. The van der Waals surface area contributed by atoms with Gasteiger partial charge in [-0.25, -0.2) is 0 Å². The minimum absolute atomic E-state index is 0.0665. The molecule has 0 aliphatic carbocycles. The molecule has 146 valence electrons. The summed E-state index contributed by atoms with van der Waals surface area (Å²) in [6.45, 7) is 2.06. The van der Waals surface area contributed by atoms with E-state index in [1.807, 2.05) is 42.5 Å². The van der Waals surface area contributed by atoms with Gasteiger partial charge in [-0.05, 0) is 37.1 Å². The lowest BCUT2D eigenvalue weighted by Gasteiger charge is -2.11. The van der Waals surface area contributed by atoms with Crippen LogP contribution in [0.5, 0.6) is 5.88 Å². The van der Waals surface area contributed by atoms with Gasteiger partial charge in [0, 0.05) is 11.6 Å². The highest BCUT2D eigenvalue weighted by atomic mass is 35.5. The monoisotopic (exact) mass is 422 g/mol. The maximum Gasteiger partial charge on any atom is 0.205 e. The Bertz CT molecular complexity index is 1160. The van der Waals surface area contributed by atoms with Gasteiger partial charge in [0.1, 0.15) is 0 Å². The molecule has 0 saturated heterocycles. The predicted octanol–water partition coefficient (Wildman–Crippen LogP) is 6.69. The number of hydrogen-bond donors (Lipinski definition) is 1. The summed E-state index contributed by atoms with van der Waals surface area (Å²) in [6, 6.07) is 23.4. The first-order valence-electron chi connectivity index (χ1n) is 9.40. The molecule has 1 unspecified atom stereocenters. The normalized spacial score (nSPS) is 12.7. The molecule has 1 atom stereocenters. The van der Waals surface area contributed by atoms with Crippen molar-refractivity contribution >= 4 is 40.3 Å². The fraction of sp³-hybridized carbons (Fsp3) is 0.125. The van der Waals surface area contributed by atoms with Crippen molar-refractivity contribution in [2.24, 2.45) is 4.99 Å². The molecular formula is C24H20Cl2N2O. The lowest BCUT2D eigenvalue weighted by atomic mass is 10.1. The van der Waals surface area contributed by atoms with Crippen LogP contribution in [0.15, 0.2) is 77.8 Å². The van der Waals surface area contributed by atoms with Crippen LogP contribution in [0.4, 0.5) is 0 Å². The van der Waals surface area contributed by atoms with E-state index < -0.39 is 0 Å². The fourth-order valence-electron chi connectivity index (χ4n) is 3.52. The molecule has 0 bridgehead atoms. The lowest BCUT2D eigenvalue weighted by Crippen LogP contribution is -2.03. The second-order valence-corrected chi connectivity index (χ2v) is 7.79. The van der Waals surface area contributed by atoms with Crippen LogP contribution in [-0.2, 0) is 6.42 Å². The molecule has 0 saturated carbocycles. The van der Waals surface area contributed by atoms with Gasteiger partial charge in [-0.15, -0.1) is 0 Å². The number of benzene rings is 3. The number of aliphatic imine (C=N–C) groups is 1. The summed E-state index contributed by atoms with van der Waals surface area (Å²) in [7, 11) is 0. The van der Waals surface area contributed by atoms with Crippen LogP contribution in [0, 0.1) is 0 Å². The zero-order chi connectivity index (χ0) is 20.4. The van der Waals surface area contributed by atoms with Crippen molar-refractivity contribution in [2.75, 3.05) is 0 Å². The van der Waals surface area contributed by atoms with Gasteiger partial charge in [0.05, 0.1) is 32.9 Å². The van der Waals surface area contributed by atoms with Gasteiger partial charge < -0.3 is 5.11 Å². The molecular weight excluding hydrogens is 403 g/mol. The number of hydrogen-bond acceptors (Lipinski definition) is 2. The Morgan fingerprint density at radius 1 is 0.931 bits per heavy atom. The van der Waals surface area contributed by atoms with Crippen LogP contribution >= 0.6 is 23.2 Å². The molecule has 1 N–H and O–H groups in total. The maximum absolute atomic E-state index is 11.1. The van der Waals surface area contributed by atoms with Crippen molar-refractivity contribution in [3.05, 3.63) is 94.0 Å². The average molecular weight is 423 g/mol. The zero-order valence-electron chi connectivity index (χ0n) is 15.9. The second kappa shape index (κ2) is 8.32. The standard InChI is InChI=1S/C24H20Cl2N2O/c1-16(14-17-8-3-2-4-9-17)27-15-19-18-10-5-6-13-22(18)28(24(19)29)23-20(25)11-7-12-21(23)26/h2-13,15-16,29H,14H2,1H3. The molecule has 4 aromatic rings. The van der Waals surface area contributed by atoms with Crippen molar-refractivity contribution in [1.29, 1.82) is 0 Å². The lowest BCUT2D eigenvalue weighted by molar-refractivity contribution is 0.444. The number of para-hydroxylation sites is 2. The van der Waals surface area contributed by atoms with E-state index in [0.717, 1.165) is 17.3 Å². The van der Waals surface area contributed by atoms with Crippen molar-refractivity contribution < 1.29 is 5.11 Å². The van der Waals surface area contributed by atoms with E-state index in [-0.39, 0.29) is 11.9 Å². The molecule has 3 aromatic carbocycles. The topological polar surface area (TPSA) is 37.5 Å². The van der Waals surface area contributed by atoms with Crippen molar-refractivity contribution in [3.8, 4) is 11.6 Å². The second-order valence-electron chi connectivity index (χ2n) is 6.98. The van der Waals surface area contributed by atoms with E-state index in [0.29, 0.717) is 21.3 Å². The number of rotatable bonds is 5. The zero-order valence-corrected chi connectivity index (χ0v) is 17.4. The van der Waals surface area contributed by atoms with Gasteiger partial charge in [-0.1, -0.05) is 77.8 Å². The summed E-state index contributed by atoms with van der Waals surface area (Å²) < 4.78 is 1.68.